The molecule has 0 amide bonds. The molecule has 2 aromatic carbocycles. The van der Waals surface area contributed by atoms with Gasteiger partial charge in [-0.1, -0.05) is 24.3 Å². The van der Waals surface area contributed by atoms with E-state index in [1.54, 1.807) is 7.11 Å². The zero-order valence-corrected chi connectivity index (χ0v) is 16.4. The summed E-state index contributed by atoms with van der Waals surface area (Å²) in [5.74, 6) is 0.865. The normalized spacial score (nSPS) is 11.6. The van der Waals surface area contributed by atoms with E-state index in [1.807, 2.05) is 66.0 Å². The van der Waals surface area contributed by atoms with Crippen LogP contribution in [0.25, 0.3) is 0 Å². The van der Waals surface area contributed by atoms with Gasteiger partial charge in [0, 0.05) is 10.9 Å². The highest BCUT2D eigenvalue weighted by atomic mass is 32.1. The molecule has 0 aliphatic heterocycles. The Kier molecular flexibility index (Phi) is 6.92. The first kappa shape index (κ1) is 19.8. The van der Waals surface area contributed by atoms with Gasteiger partial charge in [-0.25, -0.2) is 0 Å². The summed E-state index contributed by atoms with van der Waals surface area (Å²) in [6, 6.07) is 18.7. The predicted octanol–water partition coefficient (Wildman–Crippen LogP) is 4.63. The van der Waals surface area contributed by atoms with E-state index >= 15 is 0 Å². The molecule has 0 spiro atoms. The van der Waals surface area contributed by atoms with Crippen LogP contribution in [0.1, 0.15) is 16.4 Å². The second-order valence-electron chi connectivity index (χ2n) is 6.13. The Labute approximate surface area is 168 Å². The molecular formula is C22H22O5S. The molecule has 3 aromatic rings. The van der Waals surface area contributed by atoms with Crippen LogP contribution in [0.4, 0.5) is 0 Å². The minimum Gasteiger partial charge on any atom is -0.497 e. The molecule has 28 heavy (non-hydrogen) atoms. The molecule has 0 fully saturated rings. The molecule has 1 N–H and O–H groups in total. The number of methoxy groups -OCH3 is 1. The van der Waals surface area contributed by atoms with E-state index in [0.717, 1.165) is 27.7 Å². The van der Waals surface area contributed by atoms with Crippen molar-refractivity contribution < 1.29 is 24.1 Å². The fourth-order valence-corrected chi connectivity index (χ4v) is 3.59. The molecular weight excluding hydrogens is 376 g/mol. The van der Waals surface area contributed by atoms with Crippen molar-refractivity contribution in [3.8, 4) is 17.2 Å². The fraction of sp³-hybridized carbons (Fsp3) is 0.227. The number of aliphatic carboxylic acids is 1. The standard InChI is InChI=1S/C22H22O5S/c1-25-18-4-2-5-19(15-18)27-12-11-26-17-9-7-16(8-10-17)14-20(22(23)24)21-6-3-13-28-21/h2-10,13,15,20H,11-12,14H2,1H3,(H,23,24). The third-order valence-corrected chi connectivity index (χ3v) is 5.20. The Morgan fingerprint density at radius 3 is 2.32 bits per heavy atom. The van der Waals surface area contributed by atoms with Crippen LogP contribution in [-0.4, -0.2) is 31.4 Å². The SMILES string of the molecule is COc1cccc(OCCOc2ccc(CC(C(=O)O)c3cccs3)cc2)c1. The molecule has 1 unspecified atom stereocenters. The number of rotatable bonds is 10. The van der Waals surface area contributed by atoms with Crippen molar-refractivity contribution in [3.63, 3.8) is 0 Å². The molecule has 1 heterocycles. The summed E-state index contributed by atoms with van der Waals surface area (Å²) in [7, 11) is 1.62. The lowest BCUT2D eigenvalue weighted by Gasteiger charge is -2.12. The monoisotopic (exact) mass is 398 g/mol. The minimum absolute atomic E-state index is 0.406. The predicted molar refractivity (Wildman–Crippen MR) is 109 cm³/mol. The van der Waals surface area contributed by atoms with Gasteiger partial charge in [0.05, 0.1) is 13.0 Å². The van der Waals surface area contributed by atoms with Crippen LogP contribution in [-0.2, 0) is 11.2 Å². The summed E-state index contributed by atoms with van der Waals surface area (Å²) in [5.41, 5.74) is 0.959. The summed E-state index contributed by atoms with van der Waals surface area (Å²) >= 11 is 1.47. The molecule has 0 radical (unpaired) electrons. The lowest BCUT2D eigenvalue weighted by atomic mass is 9.98. The quantitative estimate of drug-likeness (QED) is 0.505. The molecule has 0 aliphatic carbocycles. The van der Waals surface area contributed by atoms with Crippen molar-refractivity contribution in [3.05, 3.63) is 76.5 Å². The molecule has 3 rings (SSSR count). The van der Waals surface area contributed by atoms with Crippen molar-refractivity contribution in [1.82, 2.24) is 0 Å². The Morgan fingerprint density at radius 1 is 0.964 bits per heavy atom. The third kappa shape index (κ3) is 5.50. The third-order valence-electron chi connectivity index (χ3n) is 4.21. The second kappa shape index (κ2) is 9.80. The average Bonchev–Trinajstić information content (AvgIpc) is 3.25. The Hall–Kier alpha value is -2.99. The summed E-state index contributed by atoms with van der Waals surface area (Å²) < 4.78 is 16.5. The van der Waals surface area contributed by atoms with Crippen molar-refractivity contribution in [2.45, 2.75) is 12.3 Å². The molecule has 0 saturated heterocycles. The maximum Gasteiger partial charge on any atom is 0.312 e. The molecule has 0 saturated carbocycles. The van der Waals surface area contributed by atoms with Crippen LogP contribution >= 0.6 is 11.3 Å². The van der Waals surface area contributed by atoms with E-state index in [-0.39, 0.29) is 0 Å². The zero-order chi connectivity index (χ0) is 19.8. The molecule has 0 bridgehead atoms. The van der Waals surface area contributed by atoms with E-state index in [9.17, 15) is 9.90 Å². The number of carboxylic acids is 1. The molecule has 146 valence electrons. The Balaban J connectivity index is 1.48. The Morgan fingerprint density at radius 2 is 1.68 bits per heavy atom. The average molecular weight is 398 g/mol. The van der Waals surface area contributed by atoms with Gasteiger partial charge in [0.25, 0.3) is 0 Å². The van der Waals surface area contributed by atoms with Crippen molar-refractivity contribution in [2.24, 2.45) is 0 Å². The van der Waals surface area contributed by atoms with Gasteiger partial charge in [0.15, 0.2) is 0 Å². The van der Waals surface area contributed by atoms with Crippen LogP contribution in [0, 0.1) is 0 Å². The maximum absolute atomic E-state index is 11.6. The van der Waals surface area contributed by atoms with E-state index in [4.69, 9.17) is 14.2 Å². The van der Waals surface area contributed by atoms with E-state index in [0.29, 0.717) is 19.6 Å². The number of benzene rings is 2. The van der Waals surface area contributed by atoms with Crippen molar-refractivity contribution in [1.29, 1.82) is 0 Å². The van der Waals surface area contributed by atoms with Gasteiger partial charge in [-0.15, -0.1) is 11.3 Å². The number of hydrogen-bond donors (Lipinski definition) is 1. The number of thiophene rings is 1. The van der Waals surface area contributed by atoms with Crippen LogP contribution in [0.15, 0.2) is 66.0 Å². The topological polar surface area (TPSA) is 65.0 Å². The lowest BCUT2D eigenvalue weighted by Crippen LogP contribution is -2.13. The van der Waals surface area contributed by atoms with E-state index < -0.39 is 11.9 Å². The van der Waals surface area contributed by atoms with Gasteiger partial charge in [-0.05, 0) is 47.7 Å². The number of carboxylic acid groups (broad SMARTS) is 1. The molecule has 0 aliphatic rings. The number of ether oxygens (including phenoxy) is 3. The largest absolute Gasteiger partial charge is 0.497 e. The zero-order valence-electron chi connectivity index (χ0n) is 15.5. The first-order chi connectivity index (χ1) is 13.7. The van der Waals surface area contributed by atoms with Gasteiger partial charge in [0.1, 0.15) is 30.5 Å². The maximum atomic E-state index is 11.6. The Bertz CT molecular complexity index is 874. The summed E-state index contributed by atoms with van der Waals surface area (Å²) in [4.78, 5) is 12.4. The highest BCUT2D eigenvalue weighted by Gasteiger charge is 2.21. The van der Waals surface area contributed by atoms with Gasteiger partial charge in [0.2, 0.25) is 0 Å². The van der Waals surface area contributed by atoms with Gasteiger partial charge in [-0.2, -0.15) is 0 Å². The number of carbonyl (C=O) groups is 1. The minimum atomic E-state index is -0.808. The van der Waals surface area contributed by atoms with Crippen LogP contribution in [0.2, 0.25) is 0 Å². The summed E-state index contributed by atoms with van der Waals surface area (Å²) in [6.45, 7) is 0.817. The highest BCUT2D eigenvalue weighted by Crippen LogP contribution is 2.26. The first-order valence-electron chi connectivity index (χ1n) is 8.90. The smallest absolute Gasteiger partial charge is 0.312 e. The number of hydrogen-bond acceptors (Lipinski definition) is 5. The van der Waals surface area contributed by atoms with Crippen LogP contribution < -0.4 is 14.2 Å². The summed E-state index contributed by atoms with van der Waals surface area (Å²) in [5, 5.41) is 11.4. The van der Waals surface area contributed by atoms with Crippen molar-refractivity contribution in [2.75, 3.05) is 20.3 Å². The van der Waals surface area contributed by atoms with Gasteiger partial charge >= 0.3 is 5.97 Å². The highest BCUT2D eigenvalue weighted by molar-refractivity contribution is 7.10. The van der Waals surface area contributed by atoms with E-state index in [2.05, 4.69) is 0 Å². The molecule has 5 nitrogen and oxygen atoms in total. The molecule has 1 atom stereocenters. The lowest BCUT2D eigenvalue weighted by molar-refractivity contribution is -0.138. The fourth-order valence-electron chi connectivity index (χ4n) is 2.77. The molecule has 6 heteroatoms. The van der Waals surface area contributed by atoms with Gasteiger partial charge < -0.3 is 19.3 Å². The first-order valence-corrected chi connectivity index (χ1v) is 9.78. The van der Waals surface area contributed by atoms with Crippen LogP contribution in [0.3, 0.4) is 0 Å². The van der Waals surface area contributed by atoms with Gasteiger partial charge in [-0.3, -0.25) is 4.79 Å². The van der Waals surface area contributed by atoms with E-state index in [1.165, 1.54) is 11.3 Å². The molecule has 1 aromatic heterocycles. The second-order valence-corrected chi connectivity index (χ2v) is 7.11. The van der Waals surface area contributed by atoms with Crippen LogP contribution in [0.5, 0.6) is 17.2 Å². The summed E-state index contributed by atoms with van der Waals surface area (Å²) in [6.07, 6.45) is 0.453. The van der Waals surface area contributed by atoms with Crippen molar-refractivity contribution >= 4 is 17.3 Å².